The Bertz CT molecular complexity index is 195. The summed E-state index contributed by atoms with van der Waals surface area (Å²) in [6, 6.07) is 0. The van der Waals surface area contributed by atoms with Crippen LogP contribution in [0.15, 0.2) is 18.7 Å². The summed E-state index contributed by atoms with van der Waals surface area (Å²) >= 11 is 1.72. The molecule has 0 fully saturated rings. The van der Waals surface area contributed by atoms with Crippen LogP contribution in [-0.2, 0) is 12.5 Å². The second kappa shape index (κ2) is 12.0. The molecular formula is C7H17F2N3OS. The lowest BCUT2D eigenvalue weighted by Gasteiger charge is -2.20. The van der Waals surface area contributed by atoms with Crippen LogP contribution in [0.3, 0.4) is 0 Å². The Morgan fingerprint density at radius 2 is 1.79 bits per heavy atom. The third-order valence-corrected chi connectivity index (χ3v) is 1.55. The van der Waals surface area contributed by atoms with Gasteiger partial charge in [0.05, 0.1) is 0 Å². The van der Waals surface area contributed by atoms with Gasteiger partial charge in [0.15, 0.2) is 0 Å². The van der Waals surface area contributed by atoms with Gasteiger partial charge in [-0.3, -0.25) is 18.3 Å². The lowest BCUT2D eigenvalue weighted by Crippen LogP contribution is -2.32. The number of imidazole rings is 1. The number of hydrogen-bond acceptors (Lipinski definition) is 3. The number of aromatic nitrogens is 2. The Morgan fingerprint density at radius 3 is 2.07 bits per heavy atom. The molecular weight excluding hydrogens is 212 g/mol. The monoisotopic (exact) mass is 229 g/mol. The van der Waals surface area contributed by atoms with Crippen molar-refractivity contribution in [3.05, 3.63) is 18.7 Å². The first-order valence-corrected chi connectivity index (χ1v) is 4.23. The fourth-order valence-electron chi connectivity index (χ4n) is 0.970. The topological polar surface area (TPSA) is 38.1 Å². The van der Waals surface area contributed by atoms with Gasteiger partial charge in [-0.15, -0.1) is 0 Å². The fourth-order valence-corrected chi connectivity index (χ4v) is 0.970. The summed E-state index contributed by atoms with van der Waals surface area (Å²) in [4.78, 5) is 3.96. The zero-order valence-corrected chi connectivity index (χ0v) is 9.21. The molecule has 0 saturated heterocycles. The van der Waals surface area contributed by atoms with E-state index in [2.05, 4.69) is 23.8 Å². The normalized spacial score (nSPS) is 7.36. The quantitative estimate of drug-likeness (QED) is 0.748. The van der Waals surface area contributed by atoms with Crippen molar-refractivity contribution < 1.29 is 13.6 Å². The maximum Gasteiger partial charge on any atom is 0.114 e. The zero-order chi connectivity index (χ0) is 9.40. The van der Waals surface area contributed by atoms with E-state index >= 15 is 0 Å². The van der Waals surface area contributed by atoms with E-state index in [0.717, 1.165) is 13.1 Å². The molecule has 0 spiro atoms. The summed E-state index contributed by atoms with van der Waals surface area (Å²) < 4.78 is 10.1. The van der Waals surface area contributed by atoms with Crippen LogP contribution < -0.4 is 5.01 Å². The molecule has 0 atom stereocenters. The van der Waals surface area contributed by atoms with Crippen LogP contribution in [0.1, 0.15) is 13.8 Å². The predicted octanol–water partition coefficient (Wildman–Crippen LogP) is 0.294. The Hall–Kier alpha value is -0.980. The van der Waals surface area contributed by atoms with Crippen molar-refractivity contribution in [2.24, 2.45) is 0 Å². The van der Waals surface area contributed by atoms with E-state index in [0.29, 0.717) is 0 Å². The summed E-state index contributed by atoms with van der Waals surface area (Å²) in [6.07, 6.45) is 5.55. The average molecular weight is 229 g/mol. The molecule has 0 unspecified atom stereocenters. The van der Waals surface area contributed by atoms with Gasteiger partial charge in [-0.25, -0.2) is 4.98 Å². The van der Waals surface area contributed by atoms with Crippen molar-refractivity contribution in [1.82, 2.24) is 9.66 Å². The molecule has 0 amide bonds. The second-order valence-corrected chi connectivity index (χ2v) is 2.08. The molecule has 1 heterocycles. The highest BCUT2D eigenvalue weighted by Gasteiger charge is 1.95. The molecule has 86 valence electrons. The van der Waals surface area contributed by atoms with E-state index < -0.39 is 0 Å². The van der Waals surface area contributed by atoms with E-state index in [1.165, 1.54) is 0 Å². The van der Waals surface area contributed by atoms with Crippen molar-refractivity contribution in [2.45, 2.75) is 13.8 Å². The molecule has 14 heavy (non-hydrogen) atoms. The number of rotatable bonds is 3. The van der Waals surface area contributed by atoms with Crippen LogP contribution >= 0.6 is 0 Å². The van der Waals surface area contributed by atoms with Crippen LogP contribution in [0.5, 0.6) is 0 Å². The summed E-state index contributed by atoms with van der Waals surface area (Å²) in [7, 11) is 0. The number of nitrogens with zero attached hydrogens (tertiary/aromatic N) is 3. The van der Waals surface area contributed by atoms with Crippen LogP contribution in [0, 0.1) is 0 Å². The maximum absolute atomic E-state index is 8.06. The highest BCUT2D eigenvalue weighted by atomic mass is 32.1. The molecule has 0 N–H and O–H groups in total. The fraction of sp³-hybridized carbons (Fsp3) is 0.571. The molecule has 0 aromatic carbocycles. The van der Waals surface area contributed by atoms with Gasteiger partial charge in [0, 0.05) is 25.5 Å². The molecule has 0 bridgehead atoms. The van der Waals surface area contributed by atoms with Crippen LogP contribution in [0.4, 0.5) is 9.41 Å². The first-order chi connectivity index (χ1) is 5.88. The summed E-state index contributed by atoms with van der Waals surface area (Å²) in [5, 5.41) is 2.19. The largest absolute Gasteiger partial charge is 0.312 e. The standard InChI is InChI=1S/C7H13N3.2FH.H2OS/c1-3-9(4-2)10-6-5-8-7-10;;;1-2/h5-7H,3-4H2,1-2H3;2*1H;2H2. The SMILES string of the molecule is CCN(CC)n1ccnc1.F.F.O=[SH2]. The van der Waals surface area contributed by atoms with Crippen LogP contribution in [0.25, 0.3) is 0 Å². The highest BCUT2D eigenvalue weighted by molar-refractivity contribution is 7.44. The first kappa shape index (κ1) is 18.7. The molecule has 0 radical (unpaired) electrons. The highest BCUT2D eigenvalue weighted by Crippen LogP contribution is 1.88. The van der Waals surface area contributed by atoms with Gasteiger partial charge < -0.3 is 5.01 Å². The number of hydrogen-bond donors (Lipinski definition) is 0. The minimum atomic E-state index is 0. The van der Waals surface area contributed by atoms with Gasteiger partial charge >= 0.3 is 0 Å². The van der Waals surface area contributed by atoms with E-state index in [9.17, 15) is 0 Å². The van der Waals surface area contributed by atoms with Crippen LogP contribution in [0.2, 0.25) is 0 Å². The molecule has 0 saturated carbocycles. The van der Waals surface area contributed by atoms with Gasteiger partial charge in [0.1, 0.15) is 6.33 Å². The van der Waals surface area contributed by atoms with Crippen molar-refractivity contribution >= 4 is 12.5 Å². The van der Waals surface area contributed by atoms with Gasteiger partial charge in [-0.2, -0.15) is 0 Å². The maximum atomic E-state index is 8.06. The van der Waals surface area contributed by atoms with Crippen molar-refractivity contribution in [1.29, 1.82) is 0 Å². The molecule has 0 aliphatic heterocycles. The Balaban J connectivity index is -0.000000284. The third-order valence-electron chi connectivity index (χ3n) is 1.55. The van der Waals surface area contributed by atoms with Gasteiger partial charge in [0.2, 0.25) is 0 Å². The van der Waals surface area contributed by atoms with Crippen molar-refractivity contribution in [2.75, 3.05) is 18.1 Å². The van der Waals surface area contributed by atoms with E-state index in [4.69, 9.17) is 4.21 Å². The zero-order valence-electron chi connectivity index (χ0n) is 8.21. The predicted molar refractivity (Wildman–Crippen MR) is 57.5 cm³/mol. The minimum absolute atomic E-state index is 0. The first-order valence-electron chi connectivity index (χ1n) is 3.82. The minimum Gasteiger partial charge on any atom is -0.312 e. The molecule has 1 aromatic rings. The summed E-state index contributed by atoms with van der Waals surface area (Å²) in [6.45, 7) is 6.30. The van der Waals surface area contributed by atoms with Gasteiger partial charge in [-0.1, -0.05) is 0 Å². The molecule has 1 aromatic heterocycles. The lowest BCUT2D eigenvalue weighted by molar-refractivity contribution is 0.619. The third kappa shape index (κ3) is 5.63. The number of halogens is 2. The molecule has 0 aliphatic carbocycles. The smallest absolute Gasteiger partial charge is 0.114 e. The van der Waals surface area contributed by atoms with Gasteiger partial charge in [0.25, 0.3) is 0 Å². The van der Waals surface area contributed by atoms with Crippen molar-refractivity contribution in [3.8, 4) is 0 Å². The molecule has 1 rings (SSSR count). The summed E-state index contributed by atoms with van der Waals surface area (Å²) in [5.41, 5.74) is 0. The molecule has 4 nitrogen and oxygen atoms in total. The van der Waals surface area contributed by atoms with E-state index in [1.807, 2.05) is 17.2 Å². The van der Waals surface area contributed by atoms with E-state index in [-0.39, 0.29) is 9.41 Å². The Labute approximate surface area is 87.2 Å². The summed E-state index contributed by atoms with van der Waals surface area (Å²) in [5.74, 6) is 0. The molecule has 0 aliphatic rings. The van der Waals surface area contributed by atoms with E-state index in [1.54, 1.807) is 18.7 Å². The molecule has 7 heteroatoms. The van der Waals surface area contributed by atoms with Crippen LogP contribution in [-0.4, -0.2) is 27.0 Å². The second-order valence-electron chi connectivity index (χ2n) is 2.08. The Kier molecular flexibility index (Phi) is 16.1. The van der Waals surface area contributed by atoms with Crippen molar-refractivity contribution in [3.63, 3.8) is 0 Å². The van der Waals surface area contributed by atoms with Gasteiger partial charge in [-0.05, 0) is 26.4 Å². The average Bonchev–Trinajstić information content (AvgIpc) is 2.64. The Morgan fingerprint density at radius 1 is 1.29 bits per heavy atom. The lowest BCUT2D eigenvalue weighted by atomic mass is 10.6.